The third-order valence-electron chi connectivity index (χ3n) is 2.87. The van der Waals surface area contributed by atoms with Gasteiger partial charge in [0, 0.05) is 5.92 Å². The van der Waals surface area contributed by atoms with E-state index in [2.05, 4.69) is 15.2 Å². The third kappa shape index (κ3) is 2.00. The van der Waals surface area contributed by atoms with Crippen molar-refractivity contribution < 1.29 is 4.79 Å². The van der Waals surface area contributed by atoms with Gasteiger partial charge < -0.3 is 0 Å². The first-order chi connectivity index (χ1) is 6.88. The number of hydrogen-bond acceptors (Lipinski definition) is 3. The zero-order chi connectivity index (χ0) is 9.80. The van der Waals surface area contributed by atoms with Crippen LogP contribution in [0.3, 0.4) is 0 Å². The molecule has 2 rings (SSSR count). The highest BCUT2D eigenvalue weighted by Gasteiger charge is 2.22. The molecule has 0 aromatic carbocycles. The third-order valence-corrected chi connectivity index (χ3v) is 2.87. The summed E-state index contributed by atoms with van der Waals surface area (Å²) in [6.45, 7) is 0. The van der Waals surface area contributed by atoms with Crippen LogP contribution >= 0.6 is 0 Å². The Morgan fingerprint density at radius 3 is 2.57 bits per heavy atom. The Morgan fingerprint density at radius 2 is 2.00 bits per heavy atom. The molecule has 0 bridgehead atoms. The molecule has 14 heavy (non-hydrogen) atoms. The number of hydrogen-bond donors (Lipinski definition) is 1. The van der Waals surface area contributed by atoms with Crippen LogP contribution in [0.15, 0.2) is 6.33 Å². The van der Waals surface area contributed by atoms with Crippen molar-refractivity contribution in [3.8, 4) is 0 Å². The zero-order valence-corrected chi connectivity index (χ0v) is 8.20. The molecule has 1 aliphatic carbocycles. The summed E-state index contributed by atoms with van der Waals surface area (Å²) in [5.74, 6) is 0.742. The fourth-order valence-corrected chi connectivity index (χ4v) is 2.06. The van der Waals surface area contributed by atoms with Crippen LogP contribution in [0.1, 0.15) is 49.1 Å². The summed E-state index contributed by atoms with van der Waals surface area (Å²) < 4.78 is 0. The zero-order valence-electron chi connectivity index (χ0n) is 8.20. The van der Waals surface area contributed by atoms with E-state index < -0.39 is 0 Å². The van der Waals surface area contributed by atoms with Crippen molar-refractivity contribution in [3.05, 3.63) is 12.2 Å². The van der Waals surface area contributed by atoms with Gasteiger partial charge in [0.1, 0.15) is 6.33 Å². The predicted octanol–water partition coefficient (Wildman–Crippen LogP) is 1.96. The molecule has 1 aliphatic rings. The van der Waals surface area contributed by atoms with Crippen LogP contribution in [-0.4, -0.2) is 21.0 Å². The molecular formula is C10H15N3O. The van der Waals surface area contributed by atoms with Gasteiger partial charge in [-0.15, -0.1) is 0 Å². The second-order valence-corrected chi connectivity index (χ2v) is 3.89. The van der Waals surface area contributed by atoms with E-state index in [9.17, 15) is 4.79 Å². The minimum Gasteiger partial charge on any atom is -0.290 e. The van der Waals surface area contributed by atoms with Crippen molar-refractivity contribution >= 4 is 5.78 Å². The van der Waals surface area contributed by atoms with Crippen LogP contribution in [0.2, 0.25) is 0 Å². The number of nitrogens with one attached hydrogen (secondary N) is 1. The Balaban J connectivity index is 2.03. The van der Waals surface area contributed by atoms with E-state index in [1.807, 2.05) is 0 Å². The number of carbonyl (C=O) groups excluding carboxylic acids is 1. The average molecular weight is 193 g/mol. The summed E-state index contributed by atoms with van der Waals surface area (Å²) in [4.78, 5) is 15.8. The fraction of sp³-hybridized carbons (Fsp3) is 0.700. The number of nitrogens with zero attached hydrogens (tertiary/aromatic N) is 2. The maximum atomic E-state index is 11.9. The van der Waals surface area contributed by atoms with Gasteiger partial charge in [-0.2, -0.15) is 5.10 Å². The monoisotopic (exact) mass is 193 g/mol. The molecule has 1 heterocycles. The minimum absolute atomic E-state index is 0.143. The van der Waals surface area contributed by atoms with Crippen molar-refractivity contribution in [1.29, 1.82) is 0 Å². The summed E-state index contributed by atoms with van der Waals surface area (Å²) in [6.07, 6.45) is 8.29. The average Bonchev–Trinajstić information content (AvgIpc) is 2.59. The highest BCUT2D eigenvalue weighted by atomic mass is 16.1. The molecule has 4 heteroatoms. The Labute approximate surface area is 83.1 Å². The Hall–Kier alpha value is -1.19. The SMILES string of the molecule is O=C(c1ncn[nH]1)C1CCCCCC1. The summed E-state index contributed by atoms with van der Waals surface area (Å²) >= 11 is 0. The van der Waals surface area contributed by atoms with Crippen molar-refractivity contribution in [2.75, 3.05) is 0 Å². The highest BCUT2D eigenvalue weighted by Crippen LogP contribution is 2.24. The van der Waals surface area contributed by atoms with Crippen LogP contribution in [0, 0.1) is 5.92 Å². The number of aromatic nitrogens is 3. The molecule has 1 fully saturated rings. The maximum absolute atomic E-state index is 11.9. The Bertz CT molecular complexity index is 286. The highest BCUT2D eigenvalue weighted by molar-refractivity contribution is 5.94. The second kappa shape index (κ2) is 4.35. The largest absolute Gasteiger partial charge is 0.290 e. The number of aromatic amines is 1. The normalized spacial score (nSPS) is 19.1. The number of Topliss-reactive ketones (excluding diaryl/α,β-unsaturated/α-hetero) is 1. The van der Waals surface area contributed by atoms with Crippen LogP contribution in [0.4, 0.5) is 0 Å². The van der Waals surface area contributed by atoms with E-state index in [0.717, 1.165) is 12.8 Å². The topological polar surface area (TPSA) is 58.6 Å². The molecule has 4 nitrogen and oxygen atoms in total. The van der Waals surface area contributed by atoms with E-state index in [1.165, 1.54) is 32.0 Å². The summed E-state index contributed by atoms with van der Waals surface area (Å²) in [7, 11) is 0. The van der Waals surface area contributed by atoms with Gasteiger partial charge in [-0.3, -0.25) is 9.89 Å². The number of ketones is 1. The lowest BCUT2D eigenvalue weighted by atomic mass is 9.95. The molecular weight excluding hydrogens is 178 g/mol. The maximum Gasteiger partial charge on any atom is 0.202 e. The molecule has 1 saturated carbocycles. The lowest BCUT2D eigenvalue weighted by Crippen LogP contribution is -2.15. The van der Waals surface area contributed by atoms with E-state index in [0.29, 0.717) is 5.82 Å². The number of H-pyrrole nitrogens is 1. The first-order valence-electron chi connectivity index (χ1n) is 5.27. The van der Waals surface area contributed by atoms with Gasteiger partial charge >= 0.3 is 0 Å². The van der Waals surface area contributed by atoms with Gasteiger partial charge in [-0.1, -0.05) is 25.7 Å². The summed E-state index contributed by atoms with van der Waals surface area (Å²) in [5, 5.41) is 6.35. The summed E-state index contributed by atoms with van der Waals surface area (Å²) in [5.41, 5.74) is 0. The van der Waals surface area contributed by atoms with Gasteiger partial charge in [0.2, 0.25) is 5.78 Å². The molecule has 0 aliphatic heterocycles. The first kappa shape index (κ1) is 9.37. The first-order valence-corrected chi connectivity index (χ1v) is 5.27. The Morgan fingerprint density at radius 1 is 1.29 bits per heavy atom. The van der Waals surface area contributed by atoms with Crippen LogP contribution in [0.25, 0.3) is 0 Å². The van der Waals surface area contributed by atoms with Gasteiger partial charge in [0.05, 0.1) is 0 Å². The Kier molecular flexibility index (Phi) is 2.91. The molecule has 0 atom stereocenters. The molecule has 1 aromatic heterocycles. The molecule has 1 aromatic rings. The fourth-order valence-electron chi connectivity index (χ4n) is 2.06. The molecule has 0 amide bonds. The van der Waals surface area contributed by atoms with Gasteiger partial charge in [-0.05, 0) is 12.8 Å². The van der Waals surface area contributed by atoms with E-state index in [-0.39, 0.29) is 11.7 Å². The van der Waals surface area contributed by atoms with Crippen molar-refractivity contribution in [1.82, 2.24) is 15.2 Å². The molecule has 0 saturated heterocycles. The van der Waals surface area contributed by atoms with Crippen molar-refractivity contribution in [2.24, 2.45) is 5.92 Å². The lowest BCUT2D eigenvalue weighted by molar-refractivity contribution is 0.0897. The van der Waals surface area contributed by atoms with Crippen LogP contribution in [-0.2, 0) is 0 Å². The number of rotatable bonds is 2. The van der Waals surface area contributed by atoms with Gasteiger partial charge in [0.25, 0.3) is 0 Å². The number of carbonyl (C=O) groups is 1. The van der Waals surface area contributed by atoms with Crippen molar-refractivity contribution in [3.63, 3.8) is 0 Å². The smallest absolute Gasteiger partial charge is 0.202 e. The molecule has 0 radical (unpaired) electrons. The van der Waals surface area contributed by atoms with E-state index in [4.69, 9.17) is 0 Å². The molecule has 1 N–H and O–H groups in total. The van der Waals surface area contributed by atoms with Crippen LogP contribution in [0.5, 0.6) is 0 Å². The van der Waals surface area contributed by atoms with Gasteiger partial charge in [-0.25, -0.2) is 4.98 Å². The van der Waals surface area contributed by atoms with E-state index >= 15 is 0 Å². The molecule has 76 valence electrons. The minimum atomic E-state index is 0.143. The van der Waals surface area contributed by atoms with Crippen molar-refractivity contribution in [2.45, 2.75) is 38.5 Å². The quantitative estimate of drug-likeness (QED) is 0.577. The predicted molar refractivity (Wildman–Crippen MR) is 51.9 cm³/mol. The summed E-state index contributed by atoms with van der Waals surface area (Å²) in [6, 6.07) is 0. The van der Waals surface area contributed by atoms with Crippen LogP contribution < -0.4 is 0 Å². The van der Waals surface area contributed by atoms with Gasteiger partial charge in [0.15, 0.2) is 5.82 Å². The molecule has 0 spiro atoms. The standard InChI is InChI=1S/C10H15N3O/c14-9(10-11-7-12-13-10)8-5-3-1-2-4-6-8/h7-8H,1-6H2,(H,11,12,13). The molecule has 0 unspecified atom stereocenters. The second-order valence-electron chi connectivity index (χ2n) is 3.89. The lowest BCUT2D eigenvalue weighted by Gasteiger charge is -2.09. The van der Waals surface area contributed by atoms with E-state index in [1.54, 1.807) is 0 Å².